The Morgan fingerprint density at radius 2 is 1.89 bits per heavy atom. The second-order valence-electron chi connectivity index (χ2n) is 6.71. The molecular weight excluding hydrogens is 360 g/mol. The normalized spacial score (nSPS) is 21.8. The number of fused-ring (bicyclic) bond motifs is 1. The van der Waals surface area contributed by atoms with Gasteiger partial charge >= 0.3 is 6.03 Å². The molecule has 2 aliphatic heterocycles. The molecule has 2 aromatic rings. The first kappa shape index (κ1) is 17.6. The molecule has 7 heteroatoms. The molecule has 1 fully saturated rings. The fourth-order valence-corrected chi connectivity index (χ4v) is 4.31. The lowest BCUT2D eigenvalue weighted by Crippen LogP contribution is -2.63. The number of aliphatic imine (C=N–C) groups is 1. The van der Waals surface area contributed by atoms with Crippen LogP contribution in [0.3, 0.4) is 0 Å². The van der Waals surface area contributed by atoms with Crippen LogP contribution >= 0.6 is 11.8 Å². The molecule has 0 aromatic heterocycles. The number of likely N-dealkylation sites (N-methyl/N-ethyl adjacent to an activating group) is 1. The van der Waals surface area contributed by atoms with Crippen molar-refractivity contribution in [3.05, 3.63) is 65.7 Å². The van der Waals surface area contributed by atoms with E-state index in [0.29, 0.717) is 6.54 Å². The van der Waals surface area contributed by atoms with Crippen LogP contribution in [-0.4, -0.2) is 46.2 Å². The average Bonchev–Trinajstić information content (AvgIpc) is 2.99. The third-order valence-corrected chi connectivity index (χ3v) is 5.74. The van der Waals surface area contributed by atoms with E-state index in [-0.39, 0.29) is 5.91 Å². The molecule has 0 saturated carbocycles. The molecule has 3 amide bonds. The third kappa shape index (κ3) is 3.42. The molecule has 0 spiro atoms. The molecule has 2 unspecified atom stereocenters. The number of carbonyl (C=O) groups excluding carboxylic acids is 2. The number of hydrogen-bond donors (Lipinski definition) is 1. The van der Waals surface area contributed by atoms with Crippen molar-refractivity contribution in [1.82, 2.24) is 15.1 Å². The smallest absolute Gasteiger partial charge is 0.325 e. The number of carbonyl (C=O) groups is 2. The zero-order valence-electron chi connectivity index (χ0n) is 15.1. The number of amides is 3. The fourth-order valence-electron chi connectivity index (χ4n) is 3.35. The van der Waals surface area contributed by atoms with E-state index in [4.69, 9.17) is 4.99 Å². The van der Waals surface area contributed by atoms with E-state index in [9.17, 15) is 9.59 Å². The molecule has 4 rings (SSSR count). The standard InChI is InChI=1S/C20H20N4O2S/c1-13-7-6-8-14(11-13)12-24-16-17(23(2)19(26)22-18(16)25)21-20(24)27-15-9-4-3-5-10-15/h3-11,16-17H,12H2,1-2H3,(H,22,25,26). The molecule has 0 aliphatic carbocycles. The van der Waals surface area contributed by atoms with Gasteiger partial charge in [0.25, 0.3) is 5.91 Å². The quantitative estimate of drug-likeness (QED) is 0.889. The number of amidine groups is 1. The molecule has 2 heterocycles. The first-order chi connectivity index (χ1) is 13.0. The van der Waals surface area contributed by atoms with E-state index in [1.165, 1.54) is 16.7 Å². The maximum absolute atomic E-state index is 12.6. The monoisotopic (exact) mass is 380 g/mol. The number of imide groups is 1. The summed E-state index contributed by atoms with van der Waals surface area (Å²) in [5, 5.41) is 3.18. The SMILES string of the molecule is Cc1cccc(CN2C(Sc3ccccc3)=NC3C2C(=O)NC(=O)N3C)c1. The van der Waals surface area contributed by atoms with Gasteiger partial charge in [0.2, 0.25) is 0 Å². The fraction of sp³-hybridized carbons (Fsp3) is 0.250. The van der Waals surface area contributed by atoms with E-state index >= 15 is 0 Å². The third-order valence-electron chi connectivity index (χ3n) is 4.71. The molecule has 1 N–H and O–H groups in total. The van der Waals surface area contributed by atoms with Gasteiger partial charge in [-0.1, -0.05) is 59.8 Å². The molecule has 2 aromatic carbocycles. The number of benzene rings is 2. The van der Waals surface area contributed by atoms with Crippen LogP contribution in [0.4, 0.5) is 4.79 Å². The van der Waals surface area contributed by atoms with Gasteiger partial charge in [-0.15, -0.1) is 0 Å². The summed E-state index contributed by atoms with van der Waals surface area (Å²) in [4.78, 5) is 33.9. The maximum atomic E-state index is 12.6. The predicted octanol–water partition coefficient (Wildman–Crippen LogP) is 2.84. The van der Waals surface area contributed by atoms with Gasteiger partial charge in [0.1, 0.15) is 0 Å². The Hall–Kier alpha value is -2.80. The van der Waals surface area contributed by atoms with Crippen LogP contribution in [0.25, 0.3) is 0 Å². The van der Waals surface area contributed by atoms with Crippen LogP contribution in [0.15, 0.2) is 64.5 Å². The highest BCUT2D eigenvalue weighted by molar-refractivity contribution is 8.13. The molecule has 6 nitrogen and oxygen atoms in total. The minimum absolute atomic E-state index is 0.303. The lowest BCUT2D eigenvalue weighted by atomic mass is 10.1. The van der Waals surface area contributed by atoms with Crippen molar-refractivity contribution in [1.29, 1.82) is 0 Å². The molecule has 0 radical (unpaired) electrons. The Labute approximate surface area is 162 Å². The van der Waals surface area contributed by atoms with Crippen molar-refractivity contribution < 1.29 is 9.59 Å². The summed E-state index contributed by atoms with van der Waals surface area (Å²) >= 11 is 1.51. The number of hydrogen-bond acceptors (Lipinski definition) is 5. The van der Waals surface area contributed by atoms with Crippen LogP contribution in [0, 0.1) is 6.92 Å². The van der Waals surface area contributed by atoms with E-state index in [1.807, 2.05) is 60.4 Å². The predicted molar refractivity (Wildman–Crippen MR) is 105 cm³/mol. The summed E-state index contributed by atoms with van der Waals surface area (Å²) in [6.45, 7) is 2.60. The lowest BCUT2D eigenvalue weighted by Gasteiger charge is -2.36. The van der Waals surface area contributed by atoms with Crippen molar-refractivity contribution in [2.24, 2.45) is 4.99 Å². The second kappa shape index (κ2) is 7.08. The van der Waals surface area contributed by atoms with Gasteiger partial charge in [0.15, 0.2) is 17.4 Å². The van der Waals surface area contributed by atoms with Gasteiger partial charge in [-0.05, 0) is 24.6 Å². The number of rotatable bonds is 3. The highest BCUT2D eigenvalue weighted by Gasteiger charge is 2.48. The molecule has 27 heavy (non-hydrogen) atoms. The largest absolute Gasteiger partial charge is 0.331 e. The Morgan fingerprint density at radius 1 is 1.11 bits per heavy atom. The Balaban J connectivity index is 1.68. The van der Waals surface area contributed by atoms with Crippen LogP contribution in [0.5, 0.6) is 0 Å². The zero-order chi connectivity index (χ0) is 19.0. The van der Waals surface area contributed by atoms with E-state index in [0.717, 1.165) is 21.2 Å². The van der Waals surface area contributed by atoms with E-state index < -0.39 is 18.2 Å². The number of nitrogens with zero attached hydrogens (tertiary/aromatic N) is 3. The van der Waals surface area contributed by atoms with Gasteiger partial charge in [0, 0.05) is 18.5 Å². The average molecular weight is 380 g/mol. The van der Waals surface area contributed by atoms with E-state index in [1.54, 1.807) is 7.05 Å². The van der Waals surface area contributed by atoms with Crippen molar-refractivity contribution in [3.8, 4) is 0 Å². The summed E-state index contributed by atoms with van der Waals surface area (Å²) in [5.74, 6) is -0.303. The molecule has 138 valence electrons. The first-order valence-corrected chi connectivity index (χ1v) is 9.55. The van der Waals surface area contributed by atoms with E-state index in [2.05, 4.69) is 11.4 Å². The maximum Gasteiger partial charge on any atom is 0.325 e. The Kier molecular flexibility index (Phi) is 4.61. The summed E-state index contributed by atoms with van der Waals surface area (Å²) < 4.78 is 0. The van der Waals surface area contributed by atoms with Gasteiger partial charge in [-0.2, -0.15) is 0 Å². The van der Waals surface area contributed by atoms with Crippen LogP contribution in [0.1, 0.15) is 11.1 Å². The minimum Gasteiger partial charge on any atom is -0.331 e. The summed E-state index contributed by atoms with van der Waals surface area (Å²) in [6.07, 6.45) is -0.512. The first-order valence-electron chi connectivity index (χ1n) is 8.73. The van der Waals surface area contributed by atoms with Crippen molar-refractivity contribution in [2.75, 3.05) is 7.05 Å². The van der Waals surface area contributed by atoms with Gasteiger partial charge in [0.05, 0.1) is 0 Å². The van der Waals surface area contributed by atoms with Gasteiger partial charge in [-0.3, -0.25) is 10.1 Å². The minimum atomic E-state index is -0.528. The molecule has 2 aliphatic rings. The number of urea groups is 1. The lowest BCUT2D eigenvalue weighted by molar-refractivity contribution is -0.127. The number of nitrogens with one attached hydrogen (secondary N) is 1. The molecular formula is C20H20N4O2S. The second-order valence-corrected chi connectivity index (χ2v) is 7.75. The highest BCUT2D eigenvalue weighted by atomic mass is 32.2. The van der Waals surface area contributed by atoms with Crippen molar-refractivity contribution in [2.45, 2.75) is 30.6 Å². The number of thioether (sulfide) groups is 1. The van der Waals surface area contributed by atoms with Crippen LogP contribution < -0.4 is 5.32 Å². The topological polar surface area (TPSA) is 65.0 Å². The Bertz CT molecular complexity index is 915. The van der Waals surface area contributed by atoms with Crippen LogP contribution in [0.2, 0.25) is 0 Å². The summed E-state index contributed by atoms with van der Waals surface area (Å²) in [7, 11) is 1.67. The number of aryl methyl sites for hydroxylation is 1. The summed E-state index contributed by atoms with van der Waals surface area (Å²) in [6, 6.07) is 17.2. The molecule has 1 saturated heterocycles. The Morgan fingerprint density at radius 3 is 2.63 bits per heavy atom. The molecule has 0 bridgehead atoms. The van der Waals surface area contributed by atoms with Crippen molar-refractivity contribution >= 4 is 28.9 Å². The zero-order valence-corrected chi connectivity index (χ0v) is 15.9. The summed E-state index contributed by atoms with van der Waals surface area (Å²) in [5.41, 5.74) is 2.27. The van der Waals surface area contributed by atoms with Gasteiger partial charge < -0.3 is 9.80 Å². The highest BCUT2D eigenvalue weighted by Crippen LogP contribution is 2.33. The van der Waals surface area contributed by atoms with Gasteiger partial charge in [-0.25, -0.2) is 9.79 Å². The molecule has 2 atom stereocenters. The van der Waals surface area contributed by atoms with Crippen molar-refractivity contribution in [3.63, 3.8) is 0 Å². The van der Waals surface area contributed by atoms with Crippen LogP contribution in [-0.2, 0) is 11.3 Å².